The van der Waals surface area contributed by atoms with Gasteiger partial charge in [0.2, 0.25) is 0 Å². The van der Waals surface area contributed by atoms with Crippen molar-refractivity contribution in [2.24, 2.45) is 0 Å². The topological polar surface area (TPSA) is 76.9 Å². The Hall–Kier alpha value is -1.12. The van der Waals surface area contributed by atoms with Gasteiger partial charge in [0.05, 0.1) is 12.4 Å². The quantitative estimate of drug-likeness (QED) is 0.940. The van der Waals surface area contributed by atoms with E-state index < -0.39 is 10.0 Å². The number of thiazole rings is 1. The summed E-state index contributed by atoms with van der Waals surface area (Å²) in [6, 6.07) is 1.66. The van der Waals surface area contributed by atoms with E-state index in [1.807, 2.05) is 13.8 Å². The lowest BCUT2D eigenvalue weighted by molar-refractivity contribution is 0.539. The molecule has 0 aliphatic heterocycles. The largest absolute Gasteiger partial charge is 0.274 e. The molecule has 0 amide bonds. The van der Waals surface area contributed by atoms with Crippen LogP contribution in [0.5, 0.6) is 0 Å². The highest BCUT2D eigenvalue weighted by Gasteiger charge is 2.20. The molecule has 2 rings (SSSR count). The highest BCUT2D eigenvalue weighted by molar-refractivity contribution is 7.94. The van der Waals surface area contributed by atoms with Crippen LogP contribution >= 0.6 is 22.9 Å². The lowest BCUT2D eigenvalue weighted by Gasteiger charge is -2.11. The maximum absolute atomic E-state index is 12.0. The van der Waals surface area contributed by atoms with Crippen LogP contribution in [0.4, 0.5) is 5.82 Å². The fraction of sp³-hybridized carbons (Fsp3) is 0.333. The van der Waals surface area contributed by atoms with Gasteiger partial charge in [0.25, 0.3) is 10.0 Å². The van der Waals surface area contributed by atoms with Crippen molar-refractivity contribution >= 4 is 38.8 Å². The Bertz CT molecular complexity index is 647. The van der Waals surface area contributed by atoms with Crippen molar-refractivity contribution in [3.63, 3.8) is 0 Å². The normalized spacial score (nSPS) is 12.0. The number of hydrogen-bond donors (Lipinski definition) is 1. The summed E-state index contributed by atoms with van der Waals surface area (Å²) in [7, 11) is -3.66. The average Bonchev–Trinajstić information content (AvgIpc) is 2.86. The van der Waals surface area contributed by atoms with Crippen LogP contribution in [0.3, 0.4) is 0 Å². The summed E-state index contributed by atoms with van der Waals surface area (Å²) in [4.78, 5) is 3.71. The zero-order valence-electron chi connectivity index (χ0n) is 9.66. The Balaban J connectivity index is 2.31. The maximum atomic E-state index is 12.0. The van der Waals surface area contributed by atoms with Gasteiger partial charge in [-0.1, -0.05) is 22.9 Å². The summed E-state index contributed by atoms with van der Waals surface area (Å²) < 4.78 is 28.4. The summed E-state index contributed by atoms with van der Waals surface area (Å²) in [6.07, 6.45) is 2.77. The Kier molecular flexibility index (Phi) is 3.60. The van der Waals surface area contributed by atoms with Gasteiger partial charge in [-0.3, -0.25) is 4.72 Å². The molecule has 2 aromatic heterocycles. The smallest absolute Gasteiger partial charge is 0.263 e. The fourth-order valence-corrected chi connectivity index (χ4v) is 3.70. The van der Waals surface area contributed by atoms with Crippen molar-refractivity contribution in [2.75, 3.05) is 4.72 Å². The number of nitrogens with zero attached hydrogens (tertiary/aromatic N) is 3. The van der Waals surface area contributed by atoms with Crippen LogP contribution in [0.15, 0.2) is 22.7 Å². The summed E-state index contributed by atoms with van der Waals surface area (Å²) in [5.74, 6) is 0.412. The van der Waals surface area contributed by atoms with Crippen molar-refractivity contribution < 1.29 is 8.42 Å². The van der Waals surface area contributed by atoms with Crippen LogP contribution in [0, 0.1) is 0 Å². The van der Waals surface area contributed by atoms with E-state index in [9.17, 15) is 8.42 Å². The van der Waals surface area contributed by atoms with E-state index in [1.54, 1.807) is 10.7 Å². The first kappa shape index (κ1) is 13.3. The molecule has 0 spiro atoms. The van der Waals surface area contributed by atoms with E-state index in [4.69, 9.17) is 11.6 Å². The first-order valence-corrected chi connectivity index (χ1v) is 7.75. The number of aromatic nitrogens is 3. The van der Waals surface area contributed by atoms with Gasteiger partial charge in [-0.2, -0.15) is 5.10 Å². The number of hydrogen-bond acceptors (Lipinski definition) is 5. The molecule has 0 unspecified atom stereocenters. The highest BCUT2D eigenvalue weighted by atomic mass is 35.5. The third kappa shape index (κ3) is 2.65. The summed E-state index contributed by atoms with van der Waals surface area (Å²) in [5.41, 5.74) is 0. The van der Waals surface area contributed by atoms with Crippen molar-refractivity contribution in [3.05, 3.63) is 22.9 Å². The SMILES string of the molecule is CC(C)n1nccc1NS(=O)(=O)c1cnc(Cl)s1. The lowest BCUT2D eigenvalue weighted by atomic mass is 10.4. The standard InChI is InChI=1S/C9H11ClN4O2S2/c1-6(2)14-7(3-4-12-14)13-18(15,16)8-5-11-9(10)17-8/h3-6,13H,1-2H3. The van der Waals surface area contributed by atoms with Gasteiger partial charge in [0.15, 0.2) is 8.68 Å². The Morgan fingerprint density at radius 1 is 1.50 bits per heavy atom. The molecule has 6 nitrogen and oxygen atoms in total. The summed E-state index contributed by atoms with van der Waals surface area (Å²) in [5, 5.41) is 4.05. The van der Waals surface area contributed by atoms with Gasteiger partial charge < -0.3 is 0 Å². The van der Waals surface area contributed by atoms with E-state index in [-0.39, 0.29) is 14.7 Å². The van der Waals surface area contributed by atoms with Crippen molar-refractivity contribution in [3.8, 4) is 0 Å². The van der Waals surface area contributed by atoms with Crippen molar-refractivity contribution in [1.29, 1.82) is 0 Å². The van der Waals surface area contributed by atoms with Gasteiger partial charge in [-0.25, -0.2) is 18.1 Å². The molecular weight excluding hydrogens is 296 g/mol. The molecule has 0 fully saturated rings. The summed E-state index contributed by atoms with van der Waals surface area (Å²) >= 11 is 6.53. The van der Waals surface area contributed by atoms with E-state index in [1.165, 1.54) is 12.4 Å². The number of anilines is 1. The minimum atomic E-state index is -3.66. The second-order valence-corrected chi connectivity index (χ2v) is 7.31. The molecule has 2 heterocycles. The molecule has 0 saturated carbocycles. The van der Waals surface area contributed by atoms with Gasteiger partial charge in [-0.05, 0) is 13.8 Å². The van der Waals surface area contributed by atoms with E-state index in [2.05, 4.69) is 14.8 Å². The number of rotatable bonds is 4. The van der Waals surface area contributed by atoms with Crippen LogP contribution in [0.2, 0.25) is 4.47 Å². The molecule has 98 valence electrons. The molecule has 2 aromatic rings. The monoisotopic (exact) mass is 306 g/mol. The third-order valence-corrected chi connectivity index (χ3v) is 5.05. The minimum Gasteiger partial charge on any atom is -0.263 e. The van der Waals surface area contributed by atoms with Gasteiger partial charge in [0.1, 0.15) is 5.82 Å². The average molecular weight is 307 g/mol. The molecule has 0 aliphatic rings. The lowest BCUT2D eigenvalue weighted by Crippen LogP contribution is -2.16. The molecule has 9 heteroatoms. The predicted octanol–water partition coefficient (Wildman–Crippen LogP) is 2.37. The molecule has 0 atom stereocenters. The van der Waals surface area contributed by atoms with Gasteiger partial charge in [-0.15, -0.1) is 0 Å². The molecule has 18 heavy (non-hydrogen) atoms. The fourth-order valence-electron chi connectivity index (χ4n) is 1.36. The zero-order chi connectivity index (χ0) is 13.3. The molecule has 0 radical (unpaired) electrons. The second-order valence-electron chi connectivity index (χ2n) is 3.79. The maximum Gasteiger partial charge on any atom is 0.274 e. The molecule has 0 aliphatic carbocycles. The Morgan fingerprint density at radius 2 is 2.22 bits per heavy atom. The first-order valence-electron chi connectivity index (χ1n) is 5.08. The number of nitrogens with one attached hydrogen (secondary N) is 1. The van der Waals surface area contributed by atoms with Crippen LogP contribution < -0.4 is 4.72 Å². The van der Waals surface area contributed by atoms with E-state index >= 15 is 0 Å². The van der Waals surface area contributed by atoms with Gasteiger partial charge in [0, 0.05) is 12.1 Å². The highest BCUT2D eigenvalue weighted by Crippen LogP contribution is 2.25. The molecule has 0 aromatic carbocycles. The number of sulfonamides is 1. The van der Waals surface area contributed by atoms with Crippen molar-refractivity contribution in [1.82, 2.24) is 14.8 Å². The molecular formula is C9H11ClN4O2S2. The molecule has 1 N–H and O–H groups in total. The van der Waals surface area contributed by atoms with Crippen LogP contribution in [-0.4, -0.2) is 23.2 Å². The second kappa shape index (κ2) is 4.87. The van der Waals surface area contributed by atoms with E-state index in [0.29, 0.717) is 5.82 Å². The third-order valence-electron chi connectivity index (χ3n) is 2.12. The van der Waals surface area contributed by atoms with Crippen LogP contribution in [0.25, 0.3) is 0 Å². The Morgan fingerprint density at radius 3 is 2.78 bits per heavy atom. The Labute approximate surface area is 114 Å². The van der Waals surface area contributed by atoms with Gasteiger partial charge >= 0.3 is 0 Å². The van der Waals surface area contributed by atoms with Crippen LogP contribution in [0.1, 0.15) is 19.9 Å². The minimum absolute atomic E-state index is 0.0581. The van der Waals surface area contributed by atoms with Crippen LogP contribution in [-0.2, 0) is 10.0 Å². The first-order chi connectivity index (χ1) is 8.40. The molecule has 0 bridgehead atoms. The zero-order valence-corrected chi connectivity index (χ0v) is 12.1. The van der Waals surface area contributed by atoms with Crippen molar-refractivity contribution in [2.45, 2.75) is 24.1 Å². The predicted molar refractivity (Wildman–Crippen MR) is 70.5 cm³/mol. The molecule has 0 saturated heterocycles. The number of halogens is 1. The summed E-state index contributed by atoms with van der Waals surface area (Å²) in [6.45, 7) is 3.82. The van der Waals surface area contributed by atoms with E-state index in [0.717, 1.165) is 11.3 Å².